The van der Waals surface area contributed by atoms with E-state index in [1.54, 1.807) is 25.2 Å². The maximum atomic E-state index is 13.9. The first kappa shape index (κ1) is 16.9. The molecule has 2 aliphatic carbocycles. The topological polar surface area (TPSA) is 40.6 Å². The first-order valence-electron chi connectivity index (χ1n) is 8.48. The van der Waals surface area contributed by atoms with Crippen LogP contribution in [-0.2, 0) is 16.8 Å². The third-order valence-electron chi connectivity index (χ3n) is 4.99. The van der Waals surface area contributed by atoms with E-state index >= 15 is 0 Å². The zero-order chi connectivity index (χ0) is 16.4. The summed E-state index contributed by atoms with van der Waals surface area (Å²) in [4.78, 5) is 0. The van der Waals surface area contributed by atoms with Gasteiger partial charge in [-0.25, -0.2) is 4.39 Å². The molecule has 0 N–H and O–H groups in total. The van der Waals surface area contributed by atoms with Crippen LogP contribution in [0.5, 0.6) is 0 Å². The molecular weight excluding hydrogens is 315 g/mol. The lowest BCUT2D eigenvalue weighted by Crippen LogP contribution is -2.47. The second-order valence-electron chi connectivity index (χ2n) is 6.68. The Kier molecular flexibility index (Phi) is 5.04. The van der Waals surface area contributed by atoms with Crippen LogP contribution in [0.4, 0.5) is 4.39 Å². The molecule has 0 amide bonds. The fraction of sp³-hybridized carbons (Fsp3) is 0.647. The van der Waals surface area contributed by atoms with Crippen molar-refractivity contribution in [2.45, 2.75) is 63.6 Å². The van der Waals surface area contributed by atoms with E-state index in [-0.39, 0.29) is 24.4 Å². The van der Waals surface area contributed by atoms with Crippen molar-refractivity contribution in [3.63, 3.8) is 0 Å². The zero-order valence-electron chi connectivity index (χ0n) is 13.6. The Balaban J connectivity index is 1.80. The summed E-state index contributed by atoms with van der Waals surface area (Å²) >= 11 is 0. The molecule has 1 aromatic carbocycles. The van der Waals surface area contributed by atoms with Crippen molar-refractivity contribution in [3.8, 4) is 0 Å². The predicted octanol–water partition coefficient (Wildman–Crippen LogP) is 3.30. The maximum absolute atomic E-state index is 13.9. The predicted molar refractivity (Wildman–Crippen MR) is 88.5 cm³/mol. The Labute approximate surface area is 138 Å². The highest BCUT2D eigenvalue weighted by molar-refractivity contribution is 7.86. The average molecular weight is 340 g/mol. The van der Waals surface area contributed by atoms with Crippen LogP contribution in [0.3, 0.4) is 0 Å². The summed E-state index contributed by atoms with van der Waals surface area (Å²) in [6.07, 6.45) is 6.94. The minimum absolute atomic E-state index is 0.0191. The van der Waals surface area contributed by atoms with Gasteiger partial charge in [0.2, 0.25) is 0 Å². The van der Waals surface area contributed by atoms with E-state index in [4.69, 9.17) is 0 Å². The van der Waals surface area contributed by atoms with E-state index < -0.39 is 10.2 Å². The van der Waals surface area contributed by atoms with Crippen LogP contribution in [0.15, 0.2) is 24.3 Å². The second-order valence-corrected chi connectivity index (χ2v) is 8.62. The Morgan fingerprint density at radius 2 is 1.70 bits per heavy atom. The van der Waals surface area contributed by atoms with Crippen LogP contribution in [0, 0.1) is 5.82 Å². The van der Waals surface area contributed by atoms with Crippen LogP contribution in [-0.4, -0.2) is 36.2 Å². The summed E-state index contributed by atoms with van der Waals surface area (Å²) in [6.45, 7) is 0.122. The van der Waals surface area contributed by atoms with Gasteiger partial charge >= 0.3 is 0 Å². The molecule has 0 bridgehead atoms. The number of nitrogens with zero attached hydrogens (tertiary/aromatic N) is 2. The van der Waals surface area contributed by atoms with Gasteiger partial charge in [-0.1, -0.05) is 37.5 Å². The highest BCUT2D eigenvalue weighted by Gasteiger charge is 2.41. The summed E-state index contributed by atoms with van der Waals surface area (Å²) in [6, 6.07) is 6.53. The fourth-order valence-electron chi connectivity index (χ4n) is 3.35. The van der Waals surface area contributed by atoms with Crippen molar-refractivity contribution >= 4 is 10.2 Å². The largest absolute Gasteiger partial charge is 0.282 e. The highest BCUT2D eigenvalue weighted by atomic mass is 32.2. The number of benzene rings is 1. The molecule has 128 valence electrons. The molecule has 6 heteroatoms. The summed E-state index contributed by atoms with van der Waals surface area (Å²) in [5.41, 5.74) is 0.444. The molecule has 2 fully saturated rings. The number of hydrogen-bond acceptors (Lipinski definition) is 2. The van der Waals surface area contributed by atoms with E-state index in [0.717, 1.165) is 38.5 Å². The van der Waals surface area contributed by atoms with Crippen LogP contribution in [0.25, 0.3) is 0 Å². The van der Waals surface area contributed by atoms with Crippen LogP contribution < -0.4 is 0 Å². The van der Waals surface area contributed by atoms with Gasteiger partial charge in [0.1, 0.15) is 5.82 Å². The number of halogens is 1. The molecule has 23 heavy (non-hydrogen) atoms. The first-order valence-corrected chi connectivity index (χ1v) is 9.88. The number of hydrogen-bond donors (Lipinski definition) is 0. The summed E-state index contributed by atoms with van der Waals surface area (Å²) in [7, 11) is -1.87. The van der Waals surface area contributed by atoms with Crippen molar-refractivity contribution in [2.75, 3.05) is 7.05 Å². The van der Waals surface area contributed by atoms with Gasteiger partial charge in [-0.2, -0.15) is 17.0 Å². The lowest BCUT2D eigenvalue weighted by Gasteiger charge is -2.34. The monoisotopic (exact) mass is 340 g/mol. The van der Waals surface area contributed by atoms with E-state index in [9.17, 15) is 12.8 Å². The molecule has 1 aromatic rings. The SMILES string of the molecule is CN(C1CCCCC1)S(=O)(=O)N(Cc1ccccc1F)C1CC1. The van der Waals surface area contributed by atoms with Gasteiger partial charge in [0.05, 0.1) is 0 Å². The maximum Gasteiger partial charge on any atom is 0.282 e. The average Bonchev–Trinajstić information content (AvgIpc) is 3.38. The summed E-state index contributed by atoms with van der Waals surface area (Å²) < 4.78 is 43.1. The van der Waals surface area contributed by atoms with Gasteiger partial charge in [0, 0.05) is 31.2 Å². The quantitative estimate of drug-likeness (QED) is 0.797. The van der Waals surface area contributed by atoms with Crippen molar-refractivity contribution < 1.29 is 12.8 Å². The first-order chi connectivity index (χ1) is 11.0. The van der Waals surface area contributed by atoms with Gasteiger partial charge in [-0.15, -0.1) is 0 Å². The summed E-state index contributed by atoms with van der Waals surface area (Å²) in [5.74, 6) is -0.339. The lowest BCUT2D eigenvalue weighted by atomic mass is 9.96. The van der Waals surface area contributed by atoms with E-state index in [2.05, 4.69) is 0 Å². The number of rotatable bonds is 6. The Morgan fingerprint density at radius 3 is 2.30 bits per heavy atom. The third kappa shape index (κ3) is 3.75. The van der Waals surface area contributed by atoms with Crippen molar-refractivity contribution in [1.82, 2.24) is 8.61 Å². The molecule has 0 unspecified atom stereocenters. The molecule has 4 nitrogen and oxygen atoms in total. The van der Waals surface area contributed by atoms with Crippen molar-refractivity contribution in [2.24, 2.45) is 0 Å². The molecule has 0 atom stereocenters. The molecular formula is C17H25FN2O2S. The standard InChI is InChI=1S/C17H25FN2O2S/c1-19(15-8-3-2-4-9-15)23(21,22)20(16-11-12-16)13-14-7-5-6-10-17(14)18/h5-7,10,15-16H,2-4,8-9,11-13H2,1H3. The van der Waals surface area contributed by atoms with Crippen LogP contribution in [0.2, 0.25) is 0 Å². The second kappa shape index (κ2) is 6.87. The molecule has 0 radical (unpaired) electrons. The van der Waals surface area contributed by atoms with Crippen LogP contribution in [0.1, 0.15) is 50.5 Å². The molecule has 2 saturated carbocycles. The molecule has 2 aliphatic rings. The third-order valence-corrected chi connectivity index (χ3v) is 7.03. The van der Waals surface area contributed by atoms with Gasteiger partial charge in [-0.05, 0) is 31.7 Å². The summed E-state index contributed by atoms with van der Waals surface area (Å²) in [5, 5.41) is 0. The molecule has 3 rings (SSSR count). The molecule has 0 saturated heterocycles. The van der Waals surface area contributed by atoms with Gasteiger partial charge < -0.3 is 0 Å². The minimum Gasteiger partial charge on any atom is -0.207 e. The molecule has 0 aliphatic heterocycles. The van der Waals surface area contributed by atoms with Gasteiger partial charge in [-0.3, -0.25) is 0 Å². The van der Waals surface area contributed by atoms with Crippen LogP contribution >= 0.6 is 0 Å². The molecule has 0 spiro atoms. The van der Waals surface area contributed by atoms with Gasteiger partial charge in [0.15, 0.2) is 0 Å². The fourth-order valence-corrected chi connectivity index (χ4v) is 5.16. The lowest BCUT2D eigenvalue weighted by molar-refractivity contribution is 0.258. The normalized spacial score (nSPS) is 20.3. The van der Waals surface area contributed by atoms with E-state index in [0.29, 0.717) is 5.56 Å². The van der Waals surface area contributed by atoms with E-state index in [1.807, 2.05) is 0 Å². The van der Waals surface area contributed by atoms with Gasteiger partial charge in [0.25, 0.3) is 10.2 Å². The highest BCUT2D eigenvalue weighted by Crippen LogP contribution is 2.34. The van der Waals surface area contributed by atoms with E-state index in [1.165, 1.54) is 21.1 Å². The van der Waals surface area contributed by atoms with Crippen molar-refractivity contribution in [3.05, 3.63) is 35.6 Å². The smallest absolute Gasteiger partial charge is 0.207 e. The zero-order valence-corrected chi connectivity index (χ0v) is 14.4. The molecule has 0 heterocycles. The Hall–Kier alpha value is -0.980. The minimum atomic E-state index is -3.55. The molecule has 0 aromatic heterocycles. The Bertz CT molecular complexity index is 640. The Morgan fingerprint density at radius 1 is 1.04 bits per heavy atom. The van der Waals surface area contributed by atoms with Crippen molar-refractivity contribution in [1.29, 1.82) is 0 Å².